The van der Waals surface area contributed by atoms with Gasteiger partial charge in [-0.25, -0.2) is 0 Å². The van der Waals surface area contributed by atoms with E-state index >= 15 is 0 Å². The quantitative estimate of drug-likeness (QED) is 0.557. The molecule has 120 valence electrons. The second-order valence-corrected chi connectivity index (χ2v) is 6.18. The van der Waals surface area contributed by atoms with Gasteiger partial charge in [-0.15, -0.1) is 11.1 Å². The first-order valence-electron chi connectivity index (χ1n) is 8.29. The van der Waals surface area contributed by atoms with Gasteiger partial charge in [0.05, 0.1) is 0 Å². The first-order valence-corrected chi connectivity index (χ1v) is 8.29. The number of hydrogen-bond acceptors (Lipinski definition) is 0. The first-order chi connectivity index (χ1) is 11.7. The molecule has 26 heavy (non-hydrogen) atoms. The van der Waals surface area contributed by atoms with Crippen LogP contribution < -0.4 is 37.7 Å². The summed E-state index contributed by atoms with van der Waals surface area (Å²) in [5.41, 5.74) is 7.43. The smallest absolute Gasteiger partial charge is 0.172 e. The van der Waals surface area contributed by atoms with Crippen molar-refractivity contribution in [2.24, 2.45) is 0 Å². The molecule has 0 amide bonds. The summed E-state index contributed by atoms with van der Waals surface area (Å²) in [6.07, 6.45) is 23.8. The zero-order valence-electron chi connectivity index (χ0n) is 16.2. The zero-order chi connectivity index (χ0) is 16.8. The van der Waals surface area contributed by atoms with E-state index in [-0.39, 0.29) is 37.7 Å². The fraction of sp³-hybridized carbons (Fsp3) is 0.0833. The van der Waals surface area contributed by atoms with Gasteiger partial charge in [-0.3, -0.25) is 0 Å². The first kappa shape index (κ1) is 22.4. The number of benzene rings is 1. The minimum absolute atomic E-state index is 0. The molecule has 0 N–H and O–H groups in total. The molecule has 2 aliphatic rings. The minimum Gasteiger partial charge on any atom is -0.172 e. The molecule has 0 unspecified atom stereocenters. The summed E-state index contributed by atoms with van der Waals surface area (Å²) in [5.74, 6) is 0. The van der Waals surface area contributed by atoms with E-state index in [9.17, 15) is 0 Å². The molecular formula is C24H22Li2. The molecule has 1 aromatic rings. The molecule has 0 saturated heterocycles. The molecule has 0 bridgehead atoms. The summed E-state index contributed by atoms with van der Waals surface area (Å²) in [6, 6.07) is 10.5. The second-order valence-electron chi connectivity index (χ2n) is 6.18. The summed E-state index contributed by atoms with van der Waals surface area (Å²) in [5, 5.41) is 0. The van der Waals surface area contributed by atoms with E-state index in [0.717, 1.165) is 0 Å². The van der Waals surface area contributed by atoms with Crippen molar-refractivity contribution in [3.63, 3.8) is 0 Å². The standard InChI is InChI=1S/C24H22.2Li/c1-19-13-20(2)15-23(14-19)18-24(16-21-9-5-3-6-10-21)17-22-11-7-4-8-12-22;;/h3-18H,1-2H3;;/q-2;2*+1/b24-16+;;. The molecule has 0 radical (unpaired) electrons. The normalized spacial score (nSPS) is 15.5. The summed E-state index contributed by atoms with van der Waals surface area (Å²) in [6.45, 7) is 4.29. The predicted octanol–water partition coefficient (Wildman–Crippen LogP) is 0.372. The van der Waals surface area contributed by atoms with E-state index in [2.05, 4.69) is 99.2 Å². The average Bonchev–Trinajstić information content (AvgIpc) is 2.55. The number of allylic oxidation sites excluding steroid dienone is 13. The van der Waals surface area contributed by atoms with E-state index in [4.69, 9.17) is 0 Å². The van der Waals surface area contributed by atoms with Crippen LogP contribution in [0.25, 0.3) is 6.08 Å². The van der Waals surface area contributed by atoms with Crippen LogP contribution in [0.2, 0.25) is 0 Å². The molecule has 2 heteroatoms. The fourth-order valence-corrected chi connectivity index (χ4v) is 2.89. The zero-order valence-corrected chi connectivity index (χ0v) is 16.2. The Kier molecular flexibility index (Phi) is 9.58. The van der Waals surface area contributed by atoms with Crippen molar-refractivity contribution in [1.82, 2.24) is 0 Å². The third-order valence-electron chi connectivity index (χ3n) is 3.84. The van der Waals surface area contributed by atoms with Crippen molar-refractivity contribution in [1.29, 1.82) is 0 Å². The molecule has 0 atom stereocenters. The van der Waals surface area contributed by atoms with Gasteiger partial charge >= 0.3 is 37.7 Å². The van der Waals surface area contributed by atoms with E-state index in [1.165, 1.54) is 33.4 Å². The van der Waals surface area contributed by atoms with Crippen molar-refractivity contribution in [3.8, 4) is 0 Å². The van der Waals surface area contributed by atoms with Crippen molar-refractivity contribution in [3.05, 3.63) is 125 Å². The summed E-state index contributed by atoms with van der Waals surface area (Å²) in [4.78, 5) is 0. The van der Waals surface area contributed by atoms with Crippen LogP contribution in [0.4, 0.5) is 0 Å². The van der Waals surface area contributed by atoms with Crippen LogP contribution in [0.15, 0.2) is 107 Å². The van der Waals surface area contributed by atoms with Gasteiger partial charge in [-0.1, -0.05) is 56.3 Å². The summed E-state index contributed by atoms with van der Waals surface area (Å²) >= 11 is 0. The molecule has 0 aromatic heterocycles. The predicted molar refractivity (Wildman–Crippen MR) is 105 cm³/mol. The largest absolute Gasteiger partial charge is 1.00 e. The van der Waals surface area contributed by atoms with Gasteiger partial charge in [0.25, 0.3) is 0 Å². The van der Waals surface area contributed by atoms with Gasteiger partial charge in [-0.05, 0) is 17.2 Å². The van der Waals surface area contributed by atoms with E-state index in [0.29, 0.717) is 0 Å². The van der Waals surface area contributed by atoms with Gasteiger partial charge < -0.3 is 0 Å². The van der Waals surface area contributed by atoms with Crippen LogP contribution in [-0.4, -0.2) is 0 Å². The molecule has 3 rings (SSSR count). The minimum atomic E-state index is 0. The SMILES string of the molecule is CC1=CC(=C/C(C=C2C=C[CH-]C=C2)=C/c2ccccc2)C=C(C)[CH-]1.[Li+].[Li+]. The maximum absolute atomic E-state index is 2.25. The Morgan fingerprint density at radius 2 is 1.38 bits per heavy atom. The molecule has 0 heterocycles. The maximum atomic E-state index is 2.25. The van der Waals surface area contributed by atoms with Crippen LogP contribution in [0.5, 0.6) is 0 Å². The molecule has 0 nitrogen and oxygen atoms in total. The van der Waals surface area contributed by atoms with Crippen LogP contribution in [-0.2, 0) is 0 Å². The molecule has 1 aromatic carbocycles. The Bertz CT molecular complexity index is 779. The molecular weight excluding hydrogens is 302 g/mol. The van der Waals surface area contributed by atoms with Gasteiger partial charge in [0.15, 0.2) is 0 Å². The van der Waals surface area contributed by atoms with Crippen molar-refractivity contribution in [2.75, 3.05) is 0 Å². The Morgan fingerprint density at radius 1 is 0.808 bits per heavy atom. The van der Waals surface area contributed by atoms with Crippen LogP contribution in [0.1, 0.15) is 19.4 Å². The molecule has 0 spiro atoms. The Balaban J connectivity index is 0.00000169. The average molecular weight is 324 g/mol. The maximum Gasteiger partial charge on any atom is 1.00 e. The summed E-state index contributed by atoms with van der Waals surface area (Å²) < 4.78 is 0. The number of hydrogen-bond donors (Lipinski definition) is 0. The second kappa shape index (κ2) is 11.1. The third kappa shape index (κ3) is 6.92. The van der Waals surface area contributed by atoms with Crippen LogP contribution in [0.3, 0.4) is 0 Å². The topological polar surface area (TPSA) is 0 Å². The van der Waals surface area contributed by atoms with Crippen molar-refractivity contribution >= 4 is 6.08 Å². The van der Waals surface area contributed by atoms with Crippen molar-refractivity contribution < 1.29 is 37.7 Å². The van der Waals surface area contributed by atoms with E-state index in [1.54, 1.807) is 0 Å². The van der Waals surface area contributed by atoms with Gasteiger partial charge in [-0.2, -0.15) is 60.4 Å². The molecule has 2 aliphatic carbocycles. The van der Waals surface area contributed by atoms with E-state index in [1.807, 2.05) is 12.5 Å². The fourth-order valence-electron chi connectivity index (χ4n) is 2.89. The third-order valence-corrected chi connectivity index (χ3v) is 3.84. The Hall–Kier alpha value is -1.67. The molecule has 0 fully saturated rings. The van der Waals surface area contributed by atoms with Crippen LogP contribution >= 0.6 is 0 Å². The molecule has 0 saturated carbocycles. The van der Waals surface area contributed by atoms with Crippen LogP contribution in [0, 0.1) is 12.8 Å². The van der Waals surface area contributed by atoms with Gasteiger partial charge in [0.2, 0.25) is 0 Å². The Morgan fingerprint density at radius 3 is 2.00 bits per heavy atom. The van der Waals surface area contributed by atoms with Crippen molar-refractivity contribution in [2.45, 2.75) is 13.8 Å². The van der Waals surface area contributed by atoms with E-state index < -0.39 is 0 Å². The monoisotopic (exact) mass is 324 g/mol. The van der Waals surface area contributed by atoms with Gasteiger partial charge in [0, 0.05) is 0 Å². The summed E-state index contributed by atoms with van der Waals surface area (Å²) in [7, 11) is 0. The number of rotatable bonds is 3. The molecule has 0 aliphatic heterocycles. The Labute approximate surface area is 182 Å². The van der Waals surface area contributed by atoms with Gasteiger partial charge in [0.1, 0.15) is 0 Å².